The van der Waals surface area contributed by atoms with E-state index >= 15 is 0 Å². The SMILES string of the molecule is CCSCC(=O)C1CC1c1ccccc1. The Morgan fingerprint density at radius 3 is 2.80 bits per heavy atom. The summed E-state index contributed by atoms with van der Waals surface area (Å²) in [7, 11) is 0. The van der Waals surface area contributed by atoms with Gasteiger partial charge in [-0.15, -0.1) is 0 Å². The monoisotopic (exact) mass is 220 g/mol. The fraction of sp³-hybridized carbons (Fsp3) is 0.462. The van der Waals surface area contributed by atoms with Gasteiger partial charge in [0.2, 0.25) is 0 Å². The predicted octanol–water partition coefficient (Wildman–Crippen LogP) is 3.11. The Labute approximate surface area is 95.3 Å². The van der Waals surface area contributed by atoms with Crippen molar-refractivity contribution in [1.82, 2.24) is 0 Å². The summed E-state index contributed by atoms with van der Waals surface area (Å²) in [5.74, 6) is 3.00. The Bertz CT molecular complexity index is 334. The molecular formula is C13H16OS. The molecule has 1 fully saturated rings. The molecule has 0 bridgehead atoms. The lowest BCUT2D eigenvalue weighted by atomic mass is 10.1. The molecule has 0 heterocycles. The highest BCUT2D eigenvalue weighted by Gasteiger charge is 2.42. The third-order valence-electron chi connectivity index (χ3n) is 2.88. The Balaban J connectivity index is 1.88. The van der Waals surface area contributed by atoms with E-state index in [-0.39, 0.29) is 0 Å². The molecule has 0 N–H and O–H groups in total. The summed E-state index contributed by atoms with van der Waals surface area (Å²) in [6, 6.07) is 10.4. The molecule has 1 saturated carbocycles. The van der Waals surface area contributed by atoms with Crippen LogP contribution in [0.5, 0.6) is 0 Å². The van der Waals surface area contributed by atoms with Crippen LogP contribution in [0.2, 0.25) is 0 Å². The van der Waals surface area contributed by atoms with Crippen LogP contribution in [0.1, 0.15) is 24.8 Å². The number of rotatable bonds is 5. The number of thioether (sulfide) groups is 1. The largest absolute Gasteiger partial charge is 0.298 e. The molecule has 0 saturated heterocycles. The molecular weight excluding hydrogens is 204 g/mol. The molecule has 0 amide bonds. The maximum absolute atomic E-state index is 11.7. The van der Waals surface area contributed by atoms with Crippen LogP contribution in [0.25, 0.3) is 0 Å². The zero-order valence-corrected chi connectivity index (χ0v) is 9.80. The van der Waals surface area contributed by atoms with Crippen LogP contribution in [-0.4, -0.2) is 17.3 Å². The molecule has 1 aliphatic rings. The normalized spacial score (nSPS) is 23.8. The molecule has 0 spiro atoms. The number of carbonyl (C=O) groups is 1. The van der Waals surface area contributed by atoms with Gasteiger partial charge in [-0.25, -0.2) is 0 Å². The van der Waals surface area contributed by atoms with E-state index in [1.165, 1.54) is 5.56 Å². The van der Waals surface area contributed by atoms with Gasteiger partial charge in [-0.1, -0.05) is 37.3 Å². The van der Waals surface area contributed by atoms with Crippen molar-refractivity contribution in [3.05, 3.63) is 35.9 Å². The van der Waals surface area contributed by atoms with E-state index in [0.29, 0.717) is 23.4 Å². The highest BCUT2D eigenvalue weighted by Crippen LogP contribution is 2.48. The van der Waals surface area contributed by atoms with Gasteiger partial charge >= 0.3 is 0 Å². The van der Waals surface area contributed by atoms with Gasteiger partial charge in [0.1, 0.15) is 5.78 Å². The number of ketones is 1. The van der Waals surface area contributed by atoms with Crippen molar-refractivity contribution < 1.29 is 4.79 Å². The first-order valence-electron chi connectivity index (χ1n) is 5.48. The molecule has 1 aromatic rings. The second kappa shape index (κ2) is 4.84. The Hall–Kier alpha value is -0.760. The number of carbonyl (C=O) groups excluding carboxylic acids is 1. The van der Waals surface area contributed by atoms with Crippen molar-refractivity contribution in [2.24, 2.45) is 5.92 Å². The van der Waals surface area contributed by atoms with Crippen LogP contribution in [0.4, 0.5) is 0 Å². The first-order valence-corrected chi connectivity index (χ1v) is 6.63. The van der Waals surface area contributed by atoms with Crippen LogP contribution in [0.3, 0.4) is 0 Å². The summed E-state index contributed by atoms with van der Waals surface area (Å²) in [6.45, 7) is 2.10. The van der Waals surface area contributed by atoms with E-state index in [4.69, 9.17) is 0 Å². The quantitative estimate of drug-likeness (QED) is 0.758. The van der Waals surface area contributed by atoms with Crippen molar-refractivity contribution >= 4 is 17.5 Å². The molecule has 15 heavy (non-hydrogen) atoms. The zero-order chi connectivity index (χ0) is 10.7. The molecule has 0 radical (unpaired) electrons. The minimum absolute atomic E-state index is 0.312. The van der Waals surface area contributed by atoms with Crippen LogP contribution in [0, 0.1) is 5.92 Å². The third-order valence-corrected chi connectivity index (χ3v) is 3.78. The summed E-state index contributed by atoms with van der Waals surface area (Å²) in [5, 5.41) is 0. The minimum atomic E-state index is 0.312. The van der Waals surface area contributed by atoms with Gasteiger partial charge < -0.3 is 0 Å². The average Bonchev–Trinajstić information content (AvgIpc) is 3.07. The van der Waals surface area contributed by atoms with Crippen LogP contribution < -0.4 is 0 Å². The molecule has 1 nitrogen and oxygen atoms in total. The van der Waals surface area contributed by atoms with Crippen LogP contribution >= 0.6 is 11.8 Å². The molecule has 2 rings (SSSR count). The maximum Gasteiger partial charge on any atom is 0.146 e. The highest BCUT2D eigenvalue weighted by atomic mass is 32.2. The number of benzene rings is 1. The molecule has 2 unspecified atom stereocenters. The fourth-order valence-corrected chi connectivity index (χ4v) is 2.55. The van der Waals surface area contributed by atoms with E-state index in [1.807, 2.05) is 6.07 Å². The molecule has 1 aromatic carbocycles. The van der Waals surface area contributed by atoms with Gasteiger partial charge in [0.05, 0.1) is 5.75 Å². The topological polar surface area (TPSA) is 17.1 Å². The lowest BCUT2D eigenvalue weighted by molar-refractivity contribution is -0.117. The molecule has 0 aromatic heterocycles. The third kappa shape index (κ3) is 2.63. The van der Waals surface area contributed by atoms with Crippen molar-refractivity contribution in [2.45, 2.75) is 19.3 Å². The Morgan fingerprint density at radius 2 is 2.13 bits per heavy atom. The maximum atomic E-state index is 11.7. The molecule has 1 aliphatic carbocycles. The predicted molar refractivity (Wildman–Crippen MR) is 65.3 cm³/mol. The first-order chi connectivity index (χ1) is 7.33. The van der Waals surface area contributed by atoms with Crippen LogP contribution in [-0.2, 0) is 4.79 Å². The first kappa shape index (κ1) is 10.7. The van der Waals surface area contributed by atoms with Gasteiger partial charge in [-0.2, -0.15) is 11.8 Å². The van der Waals surface area contributed by atoms with Gasteiger partial charge in [0.15, 0.2) is 0 Å². The zero-order valence-electron chi connectivity index (χ0n) is 8.98. The van der Waals surface area contributed by atoms with Crippen LogP contribution in [0.15, 0.2) is 30.3 Å². The standard InChI is InChI=1S/C13H16OS/c1-2-15-9-13(14)12-8-11(12)10-6-4-3-5-7-10/h3-7,11-12H,2,8-9H2,1H3. The lowest BCUT2D eigenvalue weighted by Gasteiger charge is -1.99. The van der Waals surface area contributed by atoms with E-state index < -0.39 is 0 Å². The summed E-state index contributed by atoms with van der Waals surface area (Å²) < 4.78 is 0. The van der Waals surface area contributed by atoms with Crippen molar-refractivity contribution in [3.63, 3.8) is 0 Å². The van der Waals surface area contributed by atoms with Gasteiger partial charge in [-0.3, -0.25) is 4.79 Å². The second-order valence-electron chi connectivity index (χ2n) is 3.96. The number of Topliss-reactive ketones (excluding diaryl/α,β-unsaturated/α-hetero) is 1. The second-order valence-corrected chi connectivity index (χ2v) is 5.24. The summed E-state index contributed by atoms with van der Waals surface area (Å²) in [6.07, 6.45) is 1.06. The summed E-state index contributed by atoms with van der Waals surface area (Å²) in [4.78, 5) is 11.7. The lowest BCUT2D eigenvalue weighted by Crippen LogP contribution is -2.05. The Kier molecular flexibility index (Phi) is 3.47. The van der Waals surface area contributed by atoms with E-state index in [2.05, 4.69) is 31.2 Å². The number of hydrogen-bond acceptors (Lipinski definition) is 2. The molecule has 80 valence electrons. The van der Waals surface area contributed by atoms with E-state index in [9.17, 15) is 4.79 Å². The van der Waals surface area contributed by atoms with Crippen molar-refractivity contribution in [1.29, 1.82) is 0 Å². The van der Waals surface area contributed by atoms with E-state index in [1.54, 1.807) is 11.8 Å². The van der Waals surface area contributed by atoms with Gasteiger partial charge in [-0.05, 0) is 23.7 Å². The minimum Gasteiger partial charge on any atom is -0.298 e. The summed E-state index contributed by atoms with van der Waals surface area (Å²) >= 11 is 1.73. The molecule has 2 heteroatoms. The molecule has 0 aliphatic heterocycles. The smallest absolute Gasteiger partial charge is 0.146 e. The number of hydrogen-bond donors (Lipinski definition) is 0. The van der Waals surface area contributed by atoms with Gasteiger partial charge in [0.25, 0.3) is 0 Å². The highest BCUT2D eigenvalue weighted by molar-refractivity contribution is 7.99. The van der Waals surface area contributed by atoms with Crippen molar-refractivity contribution in [2.75, 3.05) is 11.5 Å². The summed E-state index contributed by atoms with van der Waals surface area (Å²) in [5.41, 5.74) is 1.33. The molecule has 2 atom stereocenters. The fourth-order valence-electron chi connectivity index (χ4n) is 1.93. The van der Waals surface area contributed by atoms with Crippen molar-refractivity contribution in [3.8, 4) is 0 Å². The van der Waals surface area contributed by atoms with E-state index in [0.717, 1.165) is 12.2 Å². The Morgan fingerprint density at radius 1 is 1.40 bits per heavy atom. The van der Waals surface area contributed by atoms with Gasteiger partial charge in [0, 0.05) is 5.92 Å². The average molecular weight is 220 g/mol.